The molecule has 4 heteroatoms. The largest absolute Gasteiger partial charge is 0.493 e. The minimum Gasteiger partial charge on any atom is -0.493 e. The number of benzene rings is 1. The molecule has 0 aliphatic rings. The first-order valence-corrected chi connectivity index (χ1v) is 7.71. The van der Waals surface area contributed by atoms with Crippen molar-refractivity contribution in [2.75, 3.05) is 25.1 Å². The van der Waals surface area contributed by atoms with Crippen molar-refractivity contribution in [2.45, 2.75) is 34.1 Å². The highest BCUT2D eigenvalue weighted by Crippen LogP contribution is 2.34. The predicted molar refractivity (Wildman–Crippen MR) is 87.6 cm³/mol. The molecule has 0 amide bonds. The molecule has 4 nitrogen and oxygen atoms in total. The number of nitrogens with one attached hydrogen (secondary N) is 1. The predicted octanol–water partition coefficient (Wildman–Crippen LogP) is 4.03. The van der Waals surface area contributed by atoms with Gasteiger partial charge in [0.1, 0.15) is 22.8 Å². The third-order valence-electron chi connectivity index (χ3n) is 3.31. The van der Waals surface area contributed by atoms with Gasteiger partial charge in [-0.15, -0.1) is 0 Å². The zero-order chi connectivity index (χ0) is 15.2. The molecule has 0 radical (unpaired) electrons. The molecule has 0 aliphatic carbocycles. The van der Waals surface area contributed by atoms with Crippen LogP contribution in [0.2, 0.25) is 0 Å². The minimum absolute atomic E-state index is 0.622. The molecule has 0 aliphatic heterocycles. The average Bonchev–Trinajstić information content (AvgIpc) is 2.50. The molecule has 114 valence electrons. The van der Waals surface area contributed by atoms with E-state index in [0.29, 0.717) is 13.2 Å². The highest BCUT2D eigenvalue weighted by Gasteiger charge is 2.13. The molecule has 0 saturated heterocycles. The summed E-state index contributed by atoms with van der Waals surface area (Å²) in [5.41, 5.74) is 2.05. The molecule has 0 spiro atoms. The SMILES string of the molecule is CCNc1nc2c(OCC)ccc(OCC)c2cc1CC. The van der Waals surface area contributed by atoms with E-state index in [2.05, 4.69) is 25.2 Å². The number of aromatic nitrogens is 1. The van der Waals surface area contributed by atoms with E-state index in [9.17, 15) is 0 Å². The van der Waals surface area contributed by atoms with Crippen molar-refractivity contribution in [3.05, 3.63) is 23.8 Å². The van der Waals surface area contributed by atoms with Gasteiger partial charge in [0.15, 0.2) is 0 Å². The molecule has 0 unspecified atom stereocenters. The van der Waals surface area contributed by atoms with Gasteiger partial charge in [-0.25, -0.2) is 4.98 Å². The van der Waals surface area contributed by atoms with Crippen molar-refractivity contribution in [3.63, 3.8) is 0 Å². The van der Waals surface area contributed by atoms with Crippen LogP contribution in [-0.2, 0) is 6.42 Å². The maximum atomic E-state index is 5.74. The third-order valence-corrected chi connectivity index (χ3v) is 3.31. The molecule has 21 heavy (non-hydrogen) atoms. The van der Waals surface area contributed by atoms with Crippen LogP contribution < -0.4 is 14.8 Å². The number of aryl methyl sites for hydroxylation is 1. The second kappa shape index (κ2) is 7.16. The molecule has 2 aromatic rings. The van der Waals surface area contributed by atoms with Crippen LogP contribution in [0, 0.1) is 0 Å². The molecule has 1 N–H and O–H groups in total. The maximum Gasteiger partial charge on any atom is 0.145 e. The lowest BCUT2D eigenvalue weighted by Gasteiger charge is -2.15. The van der Waals surface area contributed by atoms with E-state index in [4.69, 9.17) is 14.5 Å². The Balaban J connectivity index is 2.67. The van der Waals surface area contributed by atoms with Crippen molar-refractivity contribution in [2.24, 2.45) is 0 Å². The van der Waals surface area contributed by atoms with Crippen molar-refractivity contribution in [3.8, 4) is 11.5 Å². The van der Waals surface area contributed by atoms with E-state index in [1.165, 1.54) is 5.56 Å². The lowest BCUT2D eigenvalue weighted by Crippen LogP contribution is -2.05. The van der Waals surface area contributed by atoms with Crippen LogP contribution in [-0.4, -0.2) is 24.7 Å². The van der Waals surface area contributed by atoms with Gasteiger partial charge in [0.05, 0.1) is 13.2 Å². The summed E-state index contributed by atoms with van der Waals surface area (Å²) in [5.74, 6) is 2.60. The number of hydrogen-bond donors (Lipinski definition) is 1. The van der Waals surface area contributed by atoms with Gasteiger partial charge in [-0.2, -0.15) is 0 Å². The fourth-order valence-electron chi connectivity index (χ4n) is 2.39. The molecule has 0 bridgehead atoms. The first-order valence-electron chi connectivity index (χ1n) is 7.71. The number of ether oxygens (including phenoxy) is 2. The van der Waals surface area contributed by atoms with Gasteiger partial charge in [-0.05, 0) is 51.0 Å². The summed E-state index contributed by atoms with van der Waals surface area (Å²) in [6.45, 7) is 10.3. The highest BCUT2D eigenvalue weighted by atomic mass is 16.5. The average molecular weight is 288 g/mol. The number of pyridine rings is 1. The van der Waals surface area contributed by atoms with Gasteiger partial charge in [-0.1, -0.05) is 6.92 Å². The first-order chi connectivity index (χ1) is 10.2. The summed E-state index contributed by atoms with van der Waals surface area (Å²) < 4.78 is 11.4. The molecule has 0 saturated carbocycles. The normalized spacial score (nSPS) is 10.7. The van der Waals surface area contributed by atoms with Gasteiger partial charge in [0.2, 0.25) is 0 Å². The summed E-state index contributed by atoms with van der Waals surface area (Å²) in [7, 11) is 0. The standard InChI is InChI=1S/C17H24N2O2/c1-5-12-11-13-14(20-7-3)9-10-15(21-8-4)16(13)19-17(12)18-6-2/h9-11H,5-8H2,1-4H3,(H,18,19). The summed E-state index contributed by atoms with van der Waals surface area (Å²) >= 11 is 0. The van der Waals surface area contributed by atoms with Gasteiger partial charge in [-0.3, -0.25) is 0 Å². The van der Waals surface area contributed by atoms with Crippen molar-refractivity contribution in [1.29, 1.82) is 0 Å². The maximum absolute atomic E-state index is 5.74. The van der Waals surface area contributed by atoms with Crippen LogP contribution in [0.25, 0.3) is 10.9 Å². The van der Waals surface area contributed by atoms with Crippen molar-refractivity contribution in [1.82, 2.24) is 4.98 Å². The molecule has 1 aromatic heterocycles. The molecule has 0 atom stereocenters. The summed E-state index contributed by atoms with van der Waals surface area (Å²) in [6, 6.07) is 6.06. The Labute approximate surface area is 126 Å². The minimum atomic E-state index is 0.622. The quantitative estimate of drug-likeness (QED) is 0.835. The molecular formula is C17H24N2O2. The first kappa shape index (κ1) is 15.4. The van der Waals surface area contributed by atoms with E-state index >= 15 is 0 Å². The Morgan fingerprint density at radius 2 is 1.67 bits per heavy atom. The number of rotatable bonds is 7. The monoisotopic (exact) mass is 288 g/mol. The zero-order valence-electron chi connectivity index (χ0n) is 13.3. The van der Waals surface area contributed by atoms with E-state index in [0.717, 1.165) is 41.2 Å². The van der Waals surface area contributed by atoms with Crippen LogP contribution in [0.15, 0.2) is 18.2 Å². The van der Waals surface area contributed by atoms with Crippen LogP contribution in [0.5, 0.6) is 11.5 Å². The topological polar surface area (TPSA) is 43.4 Å². The lowest BCUT2D eigenvalue weighted by molar-refractivity contribution is 0.336. The van der Waals surface area contributed by atoms with Gasteiger partial charge in [0.25, 0.3) is 0 Å². The fourth-order valence-corrected chi connectivity index (χ4v) is 2.39. The molecule has 1 aromatic carbocycles. The third kappa shape index (κ3) is 3.20. The summed E-state index contributed by atoms with van der Waals surface area (Å²) in [6.07, 6.45) is 0.926. The lowest BCUT2D eigenvalue weighted by atomic mass is 10.1. The Kier molecular flexibility index (Phi) is 5.26. The number of hydrogen-bond acceptors (Lipinski definition) is 4. The number of anilines is 1. The Morgan fingerprint density at radius 3 is 2.29 bits per heavy atom. The van der Waals surface area contributed by atoms with Crippen molar-refractivity contribution >= 4 is 16.7 Å². The molecular weight excluding hydrogens is 264 g/mol. The highest BCUT2D eigenvalue weighted by molar-refractivity contribution is 5.92. The van der Waals surface area contributed by atoms with Crippen LogP contribution >= 0.6 is 0 Å². The van der Waals surface area contributed by atoms with Crippen molar-refractivity contribution < 1.29 is 9.47 Å². The zero-order valence-corrected chi connectivity index (χ0v) is 13.3. The Morgan fingerprint density at radius 1 is 1.00 bits per heavy atom. The smallest absolute Gasteiger partial charge is 0.145 e. The van der Waals surface area contributed by atoms with Crippen LogP contribution in [0.3, 0.4) is 0 Å². The fraction of sp³-hybridized carbons (Fsp3) is 0.471. The summed E-state index contributed by atoms with van der Waals surface area (Å²) in [5, 5.41) is 4.35. The second-order valence-corrected chi connectivity index (χ2v) is 4.70. The second-order valence-electron chi connectivity index (χ2n) is 4.70. The van der Waals surface area contributed by atoms with Gasteiger partial charge in [0, 0.05) is 11.9 Å². The van der Waals surface area contributed by atoms with E-state index in [1.807, 2.05) is 26.0 Å². The Bertz CT molecular complexity index is 611. The molecule has 2 rings (SSSR count). The van der Waals surface area contributed by atoms with Crippen LogP contribution in [0.1, 0.15) is 33.3 Å². The van der Waals surface area contributed by atoms with Gasteiger partial charge >= 0.3 is 0 Å². The molecule has 1 heterocycles. The van der Waals surface area contributed by atoms with E-state index < -0.39 is 0 Å². The van der Waals surface area contributed by atoms with Gasteiger partial charge < -0.3 is 14.8 Å². The number of fused-ring (bicyclic) bond motifs is 1. The van der Waals surface area contributed by atoms with Crippen LogP contribution in [0.4, 0.5) is 5.82 Å². The van der Waals surface area contributed by atoms with E-state index in [-0.39, 0.29) is 0 Å². The Hall–Kier alpha value is -1.97. The number of nitrogens with zero attached hydrogens (tertiary/aromatic N) is 1. The summed E-state index contributed by atoms with van der Waals surface area (Å²) in [4.78, 5) is 4.78. The van der Waals surface area contributed by atoms with E-state index in [1.54, 1.807) is 0 Å². The molecule has 0 fully saturated rings.